The van der Waals surface area contributed by atoms with Gasteiger partial charge < -0.3 is 21.1 Å². The van der Waals surface area contributed by atoms with Crippen molar-refractivity contribution < 1.29 is 42.7 Å². The minimum Gasteiger partial charge on any atom is -0.698 e. The Morgan fingerprint density at radius 3 is 2.28 bits per heavy atom. The second kappa shape index (κ2) is 12.8. The minimum absolute atomic E-state index is 0. The van der Waals surface area contributed by atoms with Crippen LogP contribution < -0.4 is 16.1 Å². The molecular formula is C23H25ClN5O2Y-. The van der Waals surface area contributed by atoms with Crippen molar-refractivity contribution >= 4 is 40.1 Å². The number of rotatable bonds is 4. The number of hydrogen-bond acceptors (Lipinski definition) is 6. The van der Waals surface area contributed by atoms with Crippen molar-refractivity contribution in [3.8, 4) is 0 Å². The van der Waals surface area contributed by atoms with Gasteiger partial charge in [0.15, 0.2) is 0 Å². The zero-order valence-electron chi connectivity index (χ0n) is 17.5. The molecule has 1 aliphatic heterocycles. The van der Waals surface area contributed by atoms with Crippen LogP contribution in [0.15, 0.2) is 66.7 Å². The second-order valence-electron chi connectivity index (χ2n) is 6.91. The van der Waals surface area contributed by atoms with Crippen LogP contribution in [0, 0.1) is 5.41 Å². The summed E-state index contributed by atoms with van der Waals surface area (Å²) in [5.74, 6) is 0. The Morgan fingerprint density at radius 2 is 1.72 bits per heavy atom. The first-order valence-electron chi connectivity index (χ1n) is 9.77. The van der Waals surface area contributed by atoms with Gasteiger partial charge in [0, 0.05) is 73.3 Å². The molecule has 1 fully saturated rings. The number of halogens is 1. The summed E-state index contributed by atoms with van der Waals surface area (Å²) < 4.78 is 5.36. The fraction of sp³-hybridized carbons (Fsp3) is 0.174. The molecule has 0 spiro atoms. The molecule has 6 N–H and O–H groups in total. The average molecular weight is 528 g/mol. The fourth-order valence-corrected chi connectivity index (χ4v) is 3.26. The Kier molecular flexibility index (Phi) is 10.4. The third-order valence-corrected chi connectivity index (χ3v) is 5.19. The number of nitrogen functional groups attached to an aromatic ring is 1. The van der Waals surface area contributed by atoms with Gasteiger partial charge in [-0.25, -0.2) is 0 Å². The van der Waals surface area contributed by atoms with Crippen molar-refractivity contribution in [1.29, 1.82) is 5.41 Å². The molecule has 0 aromatic heterocycles. The third kappa shape index (κ3) is 6.92. The molecule has 0 bridgehead atoms. The van der Waals surface area contributed by atoms with Gasteiger partial charge in [-0.1, -0.05) is 41.9 Å². The van der Waals surface area contributed by atoms with Crippen LogP contribution in [0.2, 0.25) is 5.02 Å². The summed E-state index contributed by atoms with van der Waals surface area (Å²) in [4.78, 5) is 2.27. The van der Waals surface area contributed by atoms with Gasteiger partial charge >= 0.3 is 0 Å². The van der Waals surface area contributed by atoms with Gasteiger partial charge in [-0.15, -0.1) is 5.69 Å². The van der Waals surface area contributed by atoms with Crippen molar-refractivity contribution in [3.63, 3.8) is 0 Å². The number of ether oxygens (including phenoxy) is 1. The number of morpholine rings is 1. The predicted molar refractivity (Wildman–Crippen MR) is 127 cm³/mol. The maximum Gasteiger partial charge on any atom is 0.0706 e. The number of nitrogens with zero attached hydrogens (tertiary/aromatic N) is 1. The van der Waals surface area contributed by atoms with Crippen molar-refractivity contribution in [3.05, 3.63) is 88.6 Å². The van der Waals surface area contributed by atoms with E-state index < -0.39 is 0 Å². The molecule has 0 unspecified atom stereocenters. The first kappa shape index (κ1) is 26.1. The van der Waals surface area contributed by atoms with Gasteiger partial charge in [0.05, 0.1) is 24.6 Å². The molecule has 32 heavy (non-hydrogen) atoms. The van der Waals surface area contributed by atoms with Crippen molar-refractivity contribution in [1.82, 2.24) is 0 Å². The standard InChI is InChI=1S/C17H20N4O2.C6H5ClN.Y/c18-16-6-3-13(20-22)11-15(16)17(19)12-1-4-14(5-2-12)21-7-9-23-10-8-21;7-5-3-1-2-4-6(5)8;/h1-6,11,19-20,22H,7-10,18H2;1-4,8H;/q;-1;. The topological polar surface area (TPSA) is 118 Å². The first-order valence-corrected chi connectivity index (χ1v) is 10.1. The Hall–Kier alpha value is -2.16. The Balaban J connectivity index is 0.000000342. The largest absolute Gasteiger partial charge is 0.698 e. The Bertz CT molecular complexity index is 1010. The quantitative estimate of drug-likeness (QED) is 0.207. The van der Waals surface area contributed by atoms with Crippen LogP contribution in [0.4, 0.5) is 22.7 Å². The van der Waals surface area contributed by atoms with Gasteiger partial charge in [0.1, 0.15) is 0 Å². The zero-order chi connectivity index (χ0) is 22.2. The monoisotopic (exact) mass is 527 g/mol. The Labute approximate surface area is 218 Å². The summed E-state index contributed by atoms with van der Waals surface area (Å²) in [7, 11) is 0. The minimum atomic E-state index is 0. The molecule has 7 nitrogen and oxygen atoms in total. The summed E-state index contributed by atoms with van der Waals surface area (Å²) >= 11 is 5.52. The third-order valence-electron chi connectivity index (χ3n) is 4.86. The number of anilines is 3. The number of benzene rings is 3. The second-order valence-corrected chi connectivity index (χ2v) is 7.32. The van der Waals surface area contributed by atoms with Crippen LogP contribution >= 0.6 is 11.6 Å². The summed E-state index contributed by atoms with van der Waals surface area (Å²) in [6.45, 7) is 3.26. The molecule has 3 aromatic carbocycles. The van der Waals surface area contributed by atoms with Crippen molar-refractivity contribution in [2.45, 2.75) is 0 Å². The van der Waals surface area contributed by atoms with E-state index in [2.05, 4.69) is 10.4 Å². The van der Waals surface area contributed by atoms with Crippen LogP contribution in [0.1, 0.15) is 11.1 Å². The van der Waals surface area contributed by atoms with E-state index in [4.69, 9.17) is 38.4 Å². The van der Waals surface area contributed by atoms with Gasteiger partial charge in [-0.3, -0.25) is 16.1 Å². The van der Waals surface area contributed by atoms with Gasteiger partial charge in [0.2, 0.25) is 0 Å². The molecule has 0 aliphatic carbocycles. The Morgan fingerprint density at radius 1 is 1.06 bits per heavy atom. The van der Waals surface area contributed by atoms with E-state index in [0.29, 0.717) is 33.4 Å². The molecule has 9 heteroatoms. The van der Waals surface area contributed by atoms with Gasteiger partial charge in [0.25, 0.3) is 0 Å². The van der Waals surface area contributed by atoms with Crippen LogP contribution in [0.5, 0.6) is 0 Å². The number of hydrogen-bond donors (Lipinski definition) is 4. The summed E-state index contributed by atoms with van der Waals surface area (Å²) in [5.41, 5.74) is 19.3. The van der Waals surface area contributed by atoms with E-state index in [0.717, 1.165) is 37.6 Å². The smallest absolute Gasteiger partial charge is 0.0706 e. The molecule has 0 amide bonds. The van der Waals surface area contributed by atoms with Gasteiger partial charge in [-0.05, 0) is 36.4 Å². The van der Waals surface area contributed by atoms with E-state index in [-0.39, 0.29) is 32.7 Å². The molecule has 165 valence electrons. The molecule has 1 saturated heterocycles. The predicted octanol–water partition coefficient (Wildman–Crippen LogP) is 5.34. The van der Waals surface area contributed by atoms with E-state index in [1.807, 2.05) is 24.3 Å². The molecular weight excluding hydrogens is 503 g/mol. The van der Waals surface area contributed by atoms with Crippen LogP contribution in [0.3, 0.4) is 0 Å². The molecule has 1 heterocycles. The molecule has 1 radical (unpaired) electrons. The number of nitrogens with two attached hydrogens (primary N) is 1. The first-order chi connectivity index (χ1) is 15.0. The maximum atomic E-state index is 9.01. The molecule has 4 rings (SSSR count). The van der Waals surface area contributed by atoms with Crippen LogP contribution in [0.25, 0.3) is 5.73 Å². The van der Waals surface area contributed by atoms with Crippen molar-refractivity contribution in [2.75, 3.05) is 42.4 Å². The summed E-state index contributed by atoms with van der Waals surface area (Å²) in [5, 5.41) is 17.9. The summed E-state index contributed by atoms with van der Waals surface area (Å²) in [6, 6.07) is 19.8. The van der Waals surface area contributed by atoms with E-state index in [1.54, 1.807) is 42.5 Å². The molecule has 3 aromatic rings. The van der Waals surface area contributed by atoms with E-state index in [1.165, 1.54) is 0 Å². The fourth-order valence-electron chi connectivity index (χ4n) is 3.12. The SMILES string of the molecule is N=C(c1ccc(N2CCOCC2)cc1)c1cc(NO)ccc1N.[NH-]c1ccccc1Cl.[Y]. The van der Waals surface area contributed by atoms with Crippen LogP contribution in [-0.2, 0) is 37.4 Å². The molecule has 0 saturated carbocycles. The summed E-state index contributed by atoms with van der Waals surface area (Å²) in [6.07, 6.45) is 0. The van der Waals surface area contributed by atoms with E-state index >= 15 is 0 Å². The average Bonchev–Trinajstić information content (AvgIpc) is 2.82. The van der Waals surface area contributed by atoms with E-state index in [9.17, 15) is 0 Å². The number of nitrogens with one attached hydrogen (secondary N) is 3. The zero-order valence-corrected chi connectivity index (χ0v) is 21.1. The van der Waals surface area contributed by atoms with Crippen LogP contribution in [-0.4, -0.2) is 37.2 Å². The molecule has 0 atom stereocenters. The molecule has 1 aliphatic rings. The van der Waals surface area contributed by atoms with Crippen molar-refractivity contribution in [2.24, 2.45) is 0 Å². The van der Waals surface area contributed by atoms with Gasteiger partial charge in [-0.2, -0.15) is 0 Å². The maximum absolute atomic E-state index is 9.01. The normalized spacial score (nSPS) is 12.8.